The van der Waals surface area contributed by atoms with Gasteiger partial charge in [0.1, 0.15) is 5.82 Å². The van der Waals surface area contributed by atoms with E-state index in [1.54, 1.807) is 4.88 Å². The lowest BCUT2D eigenvalue weighted by molar-refractivity contribution is 0.632. The zero-order chi connectivity index (χ0) is 12.5. The standard InChI is InChI=1S/C14H17N3S/c1-10-12-5-8-18-13(12)4-7-17(10)11-3-6-16-14(9-11)15-2/h3,5-6,8-10H,4,7H2,1-2H3,(H,15,16). The van der Waals surface area contributed by atoms with Crippen LogP contribution in [0.15, 0.2) is 29.8 Å². The molecule has 0 bridgehead atoms. The van der Waals surface area contributed by atoms with Crippen molar-refractivity contribution in [2.75, 3.05) is 23.8 Å². The molecule has 0 radical (unpaired) electrons. The summed E-state index contributed by atoms with van der Waals surface area (Å²) in [5.74, 6) is 0.927. The molecule has 0 saturated carbocycles. The van der Waals surface area contributed by atoms with Crippen LogP contribution in [-0.2, 0) is 6.42 Å². The molecule has 1 aliphatic rings. The van der Waals surface area contributed by atoms with Crippen LogP contribution in [0.5, 0.6) is 0 Å². The summed E-state index contributed by atoms with van der Waals surface area (Å²) in [6.07, 6.45) is 3.02. The summed E-state index contributed by atoms with van der Waals surface area (Å²) < 4.78 is 0. The number of anilines is 2. The third-order valence-electron chi connectivity index (χ3n) is 3.61. The van der Waals surface area contributed by atoms with Gasteiger partial charge in [0.25, 0.3) is 0 Å². The largest absolute Gasteiger partial charge is 0.373 e. The van der Waals surface area contributed by atoms with Crippen LogP contribution in [0.3, 0.4) is 0 Å². The van der Waals surface area contributed by atoms with Gasteiger partial charge in [-0.1, -0.05) is 0 Å². The second-order valence-corrected chi connectivity index (χ2v) is 5.57. The molecule has 0 aromatic carbocycles. The van der Waals surface area contributed by atoms with Gasteiger partial charge in [-0.3, -0.25) is 0 Å². The lowest BCUT2D eigenvalue weighted by atomic mass is 10.0. The molecule has 0 spiro atoms. The fourth-order valence-electron chi connectivity index (χ4n) is 2.60. The van der Waals surface area contributed by atoms with Crippen molar-refractivity contribution >= 4 is 22.8 Å². The Kier molecular flexibility index (Phi) is 2.96. The van der Waals surface area contributed by atoms with E-state index >= 15 is 0 Å². The van der Waals surface area contributed by atoms with E-state index in [1.165, 1.54) is 11.3 Å². The van der Waals surface area contributed by atoms with Crippen LogP contribution < -0.4 is 10.2 Å². The van der Waals surface area contributed by atoms with Crippen molar-refractivity contribution in [3.05, 3.63) is 40.2 Å². The van der Waals surface area contributed by atoms with Crippen molar-refractivity contribution in [1.29, 1.82) is 0 Å². The third-order valence-corrected chi connectivity index (χ3v) is 4.61. The second kappa shape index (κ2) is 4.61. The van der Waals surface area contributed by atoms with E-state index in [-0.39, 0.29) is 0 Å². The van der Waals surface area contributed by atoms with Crippen molar-refractivity contribution in [3.63, 3.8) is 0 Å². The summed E-state index contributed by atoms with van der Waals surface area (Å²) in [4.78, 5) is 8.28. The highest BCUT2D eigenvalue weighted by atomic mass is 32.1. The molecule has 0 aliphatic carbocycles. The summed E-state index contributed by atoms with van der Waals surface area (Å²) in [6, 6.07) is 6.92. The Morgan fingerprint density at radius 2 is 2.33 bits per heavy atom. The van der Waals surface area contributed by atoms with Gasteiger partial charge in [-0.05, 0) is 36.4 Å². The predicted octanol–water partition coefficient (Wildman–Crippen LogP) is 3.31. The minimum Gasteiger partial charge on any atom is -0.373 e. The summed E-state index contributed by atoms with van der Waals surface area (Å²) in [7, 11) is 1.91. The molecule has 1 N–H and O–H groups in total. The van der Waals surface area contributed by atoms with Crippen molar-refractivity contribution in [2.45, 2.75) is 19.4 Å². The van der Waals surface area contributed by atoms with Gasteiger partial charge in [0, 0.05) is 36.4 Å². The van der Waals surface area contributed by atoms with Crippen LogP contribution in [0.1, 0.15) is 23.4 Å². The van der Waals surface area contributed by atoms with Crippen molar-refractivity contribution in [2.24, 2.45) is 0 Å². The highest BCUT2D eigenvalue weighted by Crippen LogP contribution is 2.36. The first kappa shape index (κ1) is 11.5. The molecule has 0 fully saturated rings. The molecule has 4 heteroatoms. The quantitative estimate of drug-likeness (QED) is 0.897. The van der Waals surface area contributed by atoms with E-state index in [9.17, 15) is 0 Å². The Bertz CT molecular complexity index is 549. The minimum atomic E-state index is 0.451. The minimum absolute atomic E-state index is 0.451. The van der Waals surface area contributed by atoms with Crippen molar-refractivity contribution < 1.29 is 0 Å². The molecule has 2 aromatic heterocycles. The first-order valence-corrected chi connectivity index (χ1v) is 7.14. The maximum Gasteiger partial charge on any atom is 0.127 e. The van der Waals surface area contributed by atoms with Gasteiger partial charge in [0.05, 0.1) is 6.04 Å². The Hall–Kier alpha value is -1.55. The lowest BCUT2D eigenvalue weighted by Crippen LogP contribution is -2.33. The number of pyridine rings is 1. The van der Waals surface area contributed by atoms with Gasteiger partial charge < -0.3 is 10.2 Å². The molecule has 3 nitrogen and oxygen atoms in total. The van der Waals surface area contributed by atoms with Crippen LogP contribution >= 0.6 is 11.3 Å². The zero-order valence-corrected chi connectivity index (χ0v) is 11.5. The SMILES string of the molecule is CNc1cc(N2CCc3sccc3C2C)ccn1. The monoisotopic (exact) mass is 259 g/mol. The molecule has 1 atom stereocenters. The Morgan fingerprint density at radius 1 is 1.44 bits per heavy atom. The summed E-state index contributed by atoms with van der Waals surface area (Å²) in [5.41, 5.74) is 2.73. The van der Waals surface area contributed by atoms with Gasteiger partial charge in [0.15, 0.2) is 0 Å². The van der Waals surface area contributed by atoms with Crippen LogP contribution in [0.4, 0.5) is 11.5 Å². The molecule has 2 aromatic rings. The number of aromatic nitrogens is 1. The molecular weight excluding hydrogens is 242 g/mol. The van der Waals surface area contributed by atoms with Gasteiger partial charge in [-0.25, -0.2) is 4.98 Å². The summed E-state index contributed by atoms with van der Waals surface area (Å²) in [6.45, 7) is 3.37. The van der Waals surface area contributed by atoms with E-state index in [0.717, 1.165) is 18.8 Å². The first-order chi connectivity index (χ1) is 8.79. The maximum atomic E-state index is 4.28. The maximum absolute atomic E-state index is 4.28. The van der Waals surface area contributed by atoms with Gasteiger partial charge in [-0.15, -0.1) is 11.3 Å². The molecule has 18 heavy (non-hydrogen) atoms. The van der Waals surface area contributed by atoms with Crippen LogP contribution in [0.2, 0.25) is 0 Å². The number of hydrogen-bond donors (Lipinski definition) is 1. The number of nitrogens with zero attached hydrogens (tertiary/aromatic N) is 2. The van der Waals surface area contributed by atoms with Gasteiger partial charge in [0.2, 0.25) is 0 Å². The van der Waals surface area contributed by atoms with Crippen LogP contribution in [0.25, 0.3) is 0 Å². The summed E-state index contributed by atoms with van der Waals surface area (Å²) in [5, 5.41) is 5.30. The number of hydrogen-bond acceptors (Lipinski definition) is 4. The molecule has 3 rings (SSSR count). The Morgan fingerprint density at radius 3 is 3.17 bits per heavy atom. The van der Waals surface area contributed by atoms with Crippen molar-refractivity contribution in [3.8, 4) is 0 Å². The smallest absolute Gasteiger partial charge is 0.127 e. The highest BCUT2D eigenvalue weighted by Gasteiger charge is 2.24. The average Bonchev–Trinajstić information content (AvgIpc) is 2.88. The number of fused-ring (bicyclic) bond motifs is 1. The Labute approximate surface area is 111 Å². The number of thiophene rings is 1. The average molecular weight is 259 g/mol. The van der Waals surface area contributed by atoms with Crippen molar-refractivity contribution in [1.82, 2.24) is 4.98 Å². The first-order valence-electron chi connectivity index (χ1n) is 6.26. The topological polar surface area (TPSA) is 28.2 Å². The van der Waals surface area contributed by atoms with E-state index < -0.39 is 0 Å². The third kappa shape index (κ3) is 1.86. The van der Waals surface area contributed by atoms with Gasteiger partial charge in [-0.2, -0.15) is 0 Å². The molecule has 94 valence electrons. The number of rotatable bonds is 2. The molecule has 1 unspecified atom stereocenters. The predicted molar refractivity (Wildman–Crippen MR) is 77.6 cm³/mol. The molecule has 0 amide bonds. The van der Waals surface area contributed by atoms with E-state index in [0.29, 0.717) is 6.04 Å². The zero-order valence-electron chi connectivity index (χ0n) is 10.7. The van der Waals surface area contributed by atoms with Crippen LogP contribution in [-0.4, -0.2) is 18.6 Å². The van der Waals surface area contributed by atoms with Crippen LogP contribution in [0, 0.1) is 0 Å². The van der Waals surface area contributed by atoms with E-state index in [1.807, 2.05) is 24.6 Å². The van der Waals surface area contributed by atoms with E-state index in [4.69, 9.17) is 0 Å². The lowest BCUT2D eigenvalue weighted by Gasteiger charge is -2.35. The molecule has 1 aliphatic heterocycles. The second-order valence-electron chi connectivity index (χ2n) is 4.57. The number of nitrogens with one attached hydrogen (secondary N) is 1. The fourth-order valence-corrected chi connectivity index (χ4v) is 3.56. The molecule has 0 saturated heterocycles. The Balaban J connectivity index is 1.94. The molecule has 3 heterocycles. The fraction of sp³-hybridized carbons (Fsp3) is 0.357. The summed E-state index contributed by atoms with van der Waals surface area (Å²) >= 11 is 1.88. The normalized spacial score (nSPS) is 18.6. The highest BCUT2D eigenvalue weighted by molar-refractivity contribution is 7.10. The molecular formula is C14H17N3S. The van der Waals surface area contributed by atoms with Gasteiger partial charge >= 0.3 is 0 Å². The van der Waals surface area contributed by atoms with E-state index in [2.05, 4.69) is 45.7 Å².